The summed E-state index contributed by atoms with van der Waals surface area (Å²) in [5, 5.41) is 4.29. The first-order valence-electron chi connectivity index (χ1n) is 6.53. The smallest absolute Gasteiger partial charge is 0.157 e. The number of aryl methyl sites for hydroxylation is 1. The Labute approximate surface area is 117 Å². The zero-order chi connectivity index (χ0) is 14.1. The van der Waals surface area contributed by atoms with Crippen LogP contribution in [0.1, 0.15) is 11.1 Å². The Morgan fingerprint density at radius 1 is 1.25 bits per heavy atom. The van der Waals surface area contributed by atoms with Crippen LogP contribution < -0.4 is 10.6 Å². The minimum absolute atomic E-state index is 0.507. The van der Waals surface area contributed by atoms with Crippen LogP contribution in [-0.4, -0.2) is 21.6 Å². The molecule has 20 heavy (non-hydrogen) atoms. The highest BCUT2D eigenvalue weighted by Gasteiger charge is 2.12. The number of rotatable bonds is 3. The van der Waals surface area contributed by atoms with E-state index in [-0.39, 0.29) is 0 Å². The van der Waals surface area contributed by atoms with Crippen molar-refractivity contribution in [3.63, 3.8) is 0 Å². The van der Waals surface area contributed by atoms with Gasteiger partial charge in [0.2, 0.25) is 0 Å². The van der Waals surface area contributed by atoms with Gasteiger partial charge < -0.3 is 10.6 Å². The first kappa shape index (κ1) is 12.6. The molecule has 2 heterocycles. The fraction of sp³-hybridized carbons (Fsp3) is 0.200. The molecule has 0 bridgehead atoms. The Balaban J connectivity index is 2.17. The van der Waals surface area contributed by atoms with E-state index < -0.39 is 0 Å². The van der Waals surface area contributed by atoms with E-state index in [4.69, 9.17) is 5.73 Å². The highest BCUT2D eigenvalue weighted by Crippen LogP contribution is 2.27. The van der Waals surface area contributed by atoms with E-state index in [0.29, 0.717) is 6.54 Å². The lowest BCUT2D eigenvalue weighted by atomic mass is 10.1. The first-order valence-corrected chi connectivity index (χ1v) is 6.53. The second-order valence-electron chi connectivity index (χ2n) is 4.81. The molecule has 0 saturated heterocycles. The van der Waals surface area contributed by atoms with E-state index in [1.54, 1.807) is 6.33 Å². The third kappa shape index (κ3) is 2.02. The Hall–Kier alpha value is -2.40. The summed E-state index contributed by atoms with van der Waals surface area (Å²) in [6.07, 6.45) is 1.57. The maximum Gasteiger partial charge on any atom is 0.157 e. The fourth-order valence-corrected chi connectivity index (χ4v) is 2.41. The predicted molar refractivity (Wildman–Crippen MR) is 80.1 cm³/mol. The summed E-state index contributed by atoms with van der Waals surface area (Å²) in [5.74, 6) is 0.971. The van der Waals surface area contributed by atoms with Crippen molar-refractivity contribution >= 4 is 17.2 Å². The van der Waals surface area contributed by atoms with Gasteiger partial charge in [0.25, 0.3) is 0 Å². The number of fused-ring (bicyclic) bond motifs is 1. The molecule has 0 aliphatic rings. The van der Waals surface area contributed by atoms with Gasteiger partial charge in [-0.05, 0) is 36.2 Å². The van der Waals surface area contributed by atoms with E-state index in [2.05, 4.69) is 34.0 Å². The van der Waals surface area contributed by atoms with E-state index >= 15 is 0 Å². The van der Waals surface area contributed by atoms with Crippen LogP contribution in [0.5, 0.6) is 0 Å². The third-order valence-electron chi connectivity index (χ3n) is 3.42. The van der Waals surface area contributed by atoms with Crippen LogP contribution in [0, 0.1) is 6.92 Å². The van der Waals surface area contributed by atoms with E-state index in [9.17, 15) is 0 Å². The van der Waals surface area contributed by atoms with Crippen molar-refractivity contribution in [1.82, 2.24) is 14.6 Å². The van der Waals surface area contributed by atoms with Gasteiger partial charge in [0.1, 0.15) is 12.1 Å². The van der Waals surface area contributed by atoms with Crippen LogP contribution in [-0.2, 0) is 6.54 Å². The van der Waals surface area contributed by atoms with Gasteiger partial charge in [0.15, 0.2) is 5.65 Å². The van der Waals surface area contributed by atoms with Crippen molar-refractivity contribution in [3.8, 4) is 0 Å². The average Bonchev–Trinajstić information content (AvgIpc) is 2.93. The minimum atomic E-state index is 0.507. The molecule has 0 aliphatic carbocycles. The highest BCUT2D eigenvalue weighted by molar-refractivity contribution is 5.66. The summed E-state index contributed by atoms with van der Waals surface area (Å²) in [5.41, 5.74) is 10.0. The van der Waals surface area contributed by atoms with Crippen LogP contribution in [0.15, 0.2) is 42.7 Å². The number of benzene rings is 1. The summed E-state index contributed by atoms with van der Waals surface area (Å²) in [6.45, 7) is 2.56. The van der Waals surface area contributed by atoms with Gasteiger partial charge in [-0.1, -0.05) is 18.2 Å². The number of para-hydroxylation sites is 1. The van der Waals surface area contributed by atoms with Gasteiger partial charge in [-0.15, -0.1) is 0 Å². The van der Waals surface area contributed by atoms with Crippen LogP contribution in [0.25, 0.3) is 5.65 Å². The number of pyridine rings is 1. The maximum absolute atomic E-state index is 5.83. The Kier molecular flexibility index (Phi) is 3.12. The molecule has 3 rings (SSSR count). The SMILES string of the molecule is Cc1cc(N(C)c2ccccc2CN)n2ncnc2c1. The average molecular weight is 267 g/mol. The number of anilines is 2. The Morgan fingerprint density at radius 2 is 2.05 bits per heavy atom. The molecule has 2 aromatic heterocycles. The molecular formula is C15H17N5. The number of hydrogen-bond donors (Lipinski definition) is 1. The molecule has 0 unspecified atom stereocenters. The summed E-state index contributed by atoms with van der Waals surface area (Å²) < 4.78 is 1.83. The summed E-state index contributed by atoms with van der Waals surface area (Å²) in [6, 6.07) is 12.2. The van der Waals surface area contributed by atoms with Gasteiger partial charge in [-0.2, -0.15) is 9.61 Å². The molecule has 0 amide bonds. The summed E-state index contributed by atoms with van der Waals surface area (Å²) >= 11 is 0. The topological polar surface area (TPSA) is 59.5 Å². The van der Waals surface area contributed by atoms with Crippen molar-refractivity contribution in [2.45, 2.75) is 13.5 Å². The monoisotopic (exact) mass is 267 g/mol. The molecule has 5 nitrogen and oxygen atoms in total. The molecule has 0 radical (unpaired) electrons. The van der Waals surface area contributed by atoms with E-state index in [1.807, 2.05) is 35.8 Å². The molecule has 0 spiro atoms. The lowest BCUT2D eigenvalue weighted by Gasteiger charge is -2.23. The standard InChI is InChI=1S/C15H17N5/c1-11-7-14-17-10-18-20(14)15(8-11)19(2)13-6-4-3-5-12(13)9-16/h3-8,10H,9,16H2,1-2H3. The van der Waals surface area contributed by atoms with Gasteiger partial charge in [-0.25, -0.2) is 4.98 Å². The molecule has 5 heteroatoms. The highest BCUT2D eigenvalue weighted by atomic mass is 15.4. The molecule has 3 aromatic rings. The van der Waals surface area contributed by atoms with Crippen LogP contribution in [0.3, 0.4) is 0 Å². The zero-order valence-corrected chi connectivity index (χ0v) is 11.6. The lowest BCUT2D eigenvalue weighted by molar-refractivity contribution is 0.921. The molecule has 0 saturated carbocycles. The van der Waals surface area contributed by atoms with E-state index in [0.717, 1.165) is 28.3 Å². The van der Waals surface area contributed by atoms with Crippen molar-refractivity contribution in [2.24, 2.45) is 5.73 Å². The second-order valence-corrected chi connectivity index (χ2v) is 4.81. The number of nitrogens with zero attached hydrogens (tertiary/aromatic N) is 4. The zero-order valence-electron chi connectivity index (χ0n) is 11.6. The molecule has 0 atom stereocenters. The van der Waals surface area contributed by atoms with Gasteiger partial charge in [0.05, 0.1) is 0 Å². The van der Waals surface area contributed by atoms with Crippen molar-refractivity contribution in [2.75, 3.05) is 11.9 Å². The molecular weight excluding hydrogens is 250 g/mol. The summed E-state index contributed by atoms with van der Waals surface area (Å²) in [4.78, 5) is 6.35. The Bertz CT molecular complexity index is 747. The van der Waals surface area contributed by atoms with Crippen molar-refractivity contribution in [1.29, 1.82) is 0 Å². The predicted octanol–water partition coefficient (Wildman–Crippen LogP) is 2.26. The van der Waals surface area contributed by atoms with Gasteiger partial charge >= 0.3 is 0 Å². The normalized spacial score (nSPS) is 10.9. The van der Waals surface area contributed by atoms with Crippen molar-refractivity contribution in [3.05, 3.63) is 53.9 Å². The van der Waals surface area contributed by atoms with Crippen LogP contribution in [0.2, 0.25) is 0 Å². The molecule has 0 aliphatic heterocycles. The Morgan fingerprint density at radius 3 is 2.85 bits per heavy atom. The van der Waals surface area contributed by atoms with Crippen LogP contribution in [0.4, 0.5) is 11.5 Å². The second kappa shape index (κ2) is 4.94. The number of hydrogen-bond acceptors (Lipinski definition) is 4. The fourth-order valence-electron chi connectivity index (χ4n) is 2.41. The number of nitrogens with two attached hydrogens (primary N) is 1. The molecule has 2 N–H and O–H groups in total. The van der Waals surface area contributed by atoms with Gasteiger partial charge in [0, 0.05) is 19.3 Å². The molecule has 1 aromatic carbocycles. The largest absolute Gasteiger partial charge is 0.329 e. The molecule has 102 valence electrons. The first-order chi connectivity index (χ1) is 9.70. The molecule has 0 fully saturated rings. The number of aromatic nitrogens is 3. The lowest BCUT2D eigenvalue weighted by Crippen LogP contribution is -2.17. The third-order valence-corrected chi connectivity index (χ3v) is 3.42. The van der Waals surface area contributed by atoms with E-state index in [1.165, 1.54) is 0 Å². The maximum atomic E-state index is 5.83. The van der Waals surface area contributed by atoms with Gasteiger partial charge in [-0.3, -0.25) is 0 Å². The van der Waals surface area contributed by atoms with Crippen LogP contribution >= 0.6 is 0 Å². The van der Waals surface area contributed by atoms with Crippen molar-refractivity contribution < 1.29 is 0 Å². The minimum Gasteiger partial charge on any atom is -0.329 e. The summed E-state index contributed by atoms with van der Waals surface area (Å²) in [7, 11) is 2.02. The quantitative estimate of drug-likeness (QED) is 0.790.